The molecule has 5 heteroatoms. The molecular formula is C14H16N2O3. The summed E-state index contributed by atoms with van der Waals surface area (Å²) in [5.74, 6) is -1.17. The van der Waals surface area contributed by atoms with Gasteiger partial charge in [-0.1, -0.05) is 18.2 Å². The number of hydrogen-bond acceptors (Lipinski definition) is 2. The molecule has 0 bridgehead atoms. The van der Waals surface area contributed by atoms with E-state index >= 15 is 0 Å². The predicted molar refractivity (Wildman–Crippen MR) is 72.2 cm³/mol. The van der Waals surface area contributed by atoms with Crippen LogP contribution in [0.4, 0.5) is 0 Å². The molecule has 0 saturated carbocycles. The van der Waals surface area contributed by atoms with E-state index < -0.39 is 5.97 Å². The number of nitrogens with zero attached hydrogens (tertiary/aromatic N) is 1. The number of rotatable bonds is 4. The predicted octanol–water partition coefficient (Wildman–Crippen LogP) is 1.69. The fraction of sp³-hybridized carbons (Fsp3) is 0.286. The molecule has 0 radical (unpaired) electrons. The SMILES string of the molecule is Cc1cccc2cc(C(=O)NCCC(=O)O)n(C)c12. The Labute approximate surface area is 110 Å². The van der Waals surface area contributed by atoms with Crippen LogP contribution in [0.25, 0.3) is 10.9 Å². The van der Waals surface area contributed by atoms with Gasteiger partial charge in [-0.2, -0.15) is 0 Å². The van der Waals surface area contributed by atoms with Crippen molar-refractivity contribution in [2.75, 3.05) is 6.54 Å². The monoisotopic (exact) mass is 260 g/mol. The van der Waals surface area contributed by atoms with Crippen LogP contribution >= 0.6 is 0 Å². The molecule has 0 unspecified atom stereocenters. The molecule has 2 N–H and O–H groups in total. The van der Waals surface area contributed by atoms with E-state index in [1.54, 1.807) is 0 Å². The minimum Gasteiger partial charge on any atom is -0.481 e. The zero-order valence-electron chi connectivity index (χ0n) is 10.9. The van der Waals surface area contributed by atoms with Gasteiger partial charge >= 0.3 is 5.97 Å². The van der Waals surface area contributed by atoms with Crippen LogP contribution in [-0.4, -0.2) is 28.1 Å². The summed E-state index contributed by atoms with van der Waals surface area (Å²) < 4.78 is 1.83. The molecule has 2 rings (SSSR count). The highest BCUT2D eigenvalue weighted by atomic mass is 16.4. The highest BCUT2D eigenvalue weighted by molar-refractivity contribution is 5.99. The highest BCUT2D eigenvalue weighted by Crippen LogP contribution is 2.21. The molecule has 0 spiro atoms. The largest absolute Gasteiger partial charge is 0.481 e. The summed E-state index contributed by atoms with van der Waals surface area (Å²) in [4.78, 5) is 22.4. The number of fused-ring (bicyclic) bond motifs is 1. The van der Waals surface area contributed by atoms with Gasteiger partial charge in [0.1, 0.15) is 5.69 Å². The molecule has 0 atom stereocenters. The Kier molecular flexibility index (Phi) is 3.55. The lowest BCUT2D eigenvalue weighted by molar-refractivity contribution is -0.136. The number of nitrogens with one attached hydrogen (secondary N) is 1. The van der Waals surface area contributed by atoms with Crippen LogP contribution in [0.2, 0.25) is 0 Å². The number of aryl methyl sites for hydroxylation is 2. The Morgan fingerprint density at radius 3 is 2.74 bits per heavy atom. The van der Waals surface area contributed by atoms with E-state index in [-0.39, 0.29) is 18.9 Å². The highest BCUT2D eigenvalue weighted by Gasteiger charge is 2.14. The number of carbonyl (C=O) groups excluding carboxylic acids is 1. The average molecular weight is 260 g/mol. The van der Waals surface area contributed by atoms with Crippen molar-refractivity contribution in [3.63, 3.8) is 0 Å². The van der Waals surface area contributed by atoms with Crippen LogP contribution in [0.3, 0.4) is 0 Å². The maximum Gasteiger partial charge on any atom is 0.305 e. The van der Waals surface area contributed by atoms with Crippen LogP contribution in [0, 0.1) is 6.92 Å². The summed E-state index contributed by atoms with van der Waals surface area (Å²) >= 11 is 0. The van der Waals surface area contributed by atoms with Crippen LogP contribution in [0.1, 0.15) is 22.5 Å². The van der Waals surface area contributed by atoms with Crippen molar-refractivity contribution >= 4 is 22.8 Å². The maximum atomic E-state index is 12.0. The van der Waals surface area contributed by atoms with Crippen molar-refractivity contribution in [2.24, 2.45) is 7.05 Å². The molecule has 5 nitrogen and oxygen atoms in total. The summed E-state index contributed by atoms with van der Waals surface area (Å²) in [5, 5.41) is 12.2. The van der Waals surface area contributed by atoms with Gasteiger partial charge in [-0.3, -0.25) is 9.59 Å². The van der Waals surface area contributed by atoms with Crippen molar-refractivity contribution in [1.82, 2.24) is 9.88 Å². The molecule has 1 heterocycles. The van der Waals surface area contributed by atoms with Crippen molar-refractivity contribution in [1.29, 1.82) is 0 Å². The van der Waals surface area contributed by atoms with Crippen LogP contribution < -0.4 is 5.32 Å². The van der Waals surface area contributed by atoms with Crippen LogP contribution in [-0.2, 0) is 11.8 Å². The van der Waals surface area contributed by atoms with E-state index in [1.807, 2.05) is 42.8 Å². The number of benzene rings is 1. The molecule has 1 aromatic heterocycles. The minimum atomic E-state index is -0.923. The lowest BCUT2D eigenvalue weighted by atomic mass is 10.2. The average Bonchev–Trinajstić information content (AvgIpc) is 2.67. The lowest BCUT2D eigenvalue weighted by Crippen LogP contribution is -2.27. The second kappa shape index (κ2) is 5.14. The molecule has 100 valence electrons. The summed E-state index contributed by atoms with van der Waals surface area (Å²) in [6, 6.07) is 7.72. The van der Waals surface area contributed by atoms with Gasteiger partial charge in [0, 0.05) is 19.0 Å². The first-order chi connectivity index (χ1) is 9.00. The Hall–Kier alpha value is -2.30. The number of amides is 1. The van der Waals surface area contributed by atoms with Gasteiger partial charge in [0.05, 0.1) is 11.9 Å². The van der Waals surface area contributed by atoms with Gasteiger partial charge in [-0.15, -0.1) is 0 Å². The summed E-state index contributed by atoms with van der Waals surface area (Å²) in [6.45, 7) is 2.13. The molecule has 0 saturated heterocycles. The first-order valence-electron chi connectivity index (χ1n) is 6.05. The van der Waals surface area contributed by atoms with E-state index in [0.717, 1.165) is 16.5 Å². The molecule has 1 aromatic carbocycles. The van der Waals surface area contributed by atoms with Crippen molar-refractivity contribution in [3.8, 4) is 0 Å². The van der Waals surface area contributed by atoms with Gasteiger partial charge in [-0.25, -0.2) is 0 Å². The number of para-hydroxylation sites is 1. The van der Waals surface area contributed by atoms with Gasteiger partial charge < -0.3 is 15.0 Å². The number of carbonyl (C=O) groups is 2. The van der Waals surface area contributed by atoms with Crippen molar-refractivity contribution < 1.29 is 14.7 Å². The summed E-state index contributed by atoms with van der Waals surface area (Å²) in [6.07, 6.45) is -0.0747. The maximum absolute atomic E-state index is 12.0. The molecule has 0 aliphatic rings. The number of hydrogen-bond donors (Lipinski definition) is 2. The molecule has 0 aliphatic heterocycles. The standard InChI is InChI=1S/C14H16N2O3/c1-9-4-3-5-10-8-11(16(2)13(9)10)14(19)15-7-6-12(17)18/h3-5,8H,6-7H2,1-2H3,(H,15,19)(H,17,18). The summed E-state index contributed by atoms with van der Waals surface area (Å²) in [7, 11) is 1.83. The fourth-order valence-corrected chi connectivity index (χ4v) is 2.21. The van der Waals surface area contributed by atoms with E-state index in [1.165, 1.54) is 0 Å². The lowest BCUT2D eigenvalue weighted by Gasteiger charge is -2.06. The molecule has 19 heavy (non-hydrogen) atoms. The summed E-state index contributed by atoms with van der Waals surface area (Å²) in [5.41, 5.74) is 2.66. The third-order valence-electron chi connectivity index (χ3n) is 3.12. The van der Waals surface area contributed by atoms with Gasteiger partial charge in [-0.05, 0) is 18.6 Å². The first-order valence-corrected chi connectivity index (χ1v) is 6.05. The Bertz CT molecular complexity index is 643. The molecule has 0 aliphatic carbocycles. The second-order valence-electron chi connectivity index (χ2n) is 4.50. The molecular weight excluding hydrogens is 244 g/mol. The van der Waals surface area contributed by atoms with E-state index in [0.29, 0.717) is 5.69 Å². The van der Waals surface area contributed by atoms with E-state index in [9.17, 15) is 9.59 Å². The third-order valence-corrected chi connectivity index (χ3v) is 3.12. The molecule has 0 fully saturated rings. The fourth-order valence-electron chi connectivity index (χ4n) is 2.21. The zero-order chi connectivity index (χ0) is 14.0. The number of aromatic nitrogens is 1. The molecule has 1 amide bonds. The smallest absolute Gasteiger partial charge is 0.305 e. The third kappa shape index (κ3) is 2.59. The zero-order valence-corrected chi connectivity index (χ0v) is 10.9. The number of carboxylic acids is 1. The minimum absolute atomic E-state index is 0.0747. The number of aliphatic carboxylic acids is 1. The van der Waals surface area contributed by atoms with Crippen LogP contribution in [0.5, 0.6) is 0 Å². The van der Waals surface area contributed by atoms with Crippen molar-refractivity contribution in [2.45, 2.75) is 13.3 Å². The quantitative estimate of drug-likeness (QED) is 0.878. The van der Waals surface area contributed by atoms with Gasteiger partial charge in [0.2, 0.25) is 0 Å². The Balaban J connectivity index is 2.25. The van der Waals surface area contributed by atoms with Gasteiger partial charge in [0.25, 0.3) is 5.91 Å². The van der Waals surface area contributed by atoms with Crippen LogP contribution in [0.15, 0.2) is 24.3 Å². The van der Waals surface area contributed by atoms with E-state index in [4.69, 9.17) is 5.11 Å². The Morgan fingerprint density at radius 1 is 1.37 bits per heavy atom. The van der Waals surface area contributed by atoms with Gasteiger partial charge in [0.15, 0.2) is 0 Å². The van der Waals surface area contributed by atoms with E-state index in [2.05, 4.69) is 5.32 Å². The first kappa shape index (κ1) is 13.1. The van der Waals surface area contributed by atoms with Crippen molar-refractivity contribution in [3.05, 3.63) is 35.5 Å². The Morgan fingerprint density at radius 2 is 2.11 bits per heavy atom. The topological polar surface area (TPSA) is 71.3 Å². The second-order valence-corrected chi connectivity index (χ2v) is 4.50. The number of carboxylic acid groups (broad SMARTS) is 1. The molecule has 2 aromatic rings. The normalized spacial score (nSPS) is 10.6.